The standard InChI is InChI=1S/C43H26N4S/c1-4-14-27(15-5-1)37-32-20-10-12-22-35(32)47-39(37)31-25-24-30(26-34(31)38-33-21-11-13-23-36(33)48-43(38)47)42-45-40(28-16-6-2-7-17-28)44-41(46-42)29-18-8-3-9-19-29/h1-26H. The maximum Gasteiger partial charge on any atom is 0.164 e. The number of hydrogen-bond donors (Lipinski definition) is 0. The van der Waals surface area contributed by atoms with Gasteiger partial charge in [0.05, 0.1) is 11.0 Å². The Balaban J connectivity index is 1.34. The van der Waals surface area contributed by atoms with Gasteiger partial charge in [-0.25, -0.2) is 15.0 Å². The van der Waals surface area contributed by atoms with Gasteiger partial charge in [-0.05, 0) is 29.1 Å². The van der Waals surface area contributed by atoms with Crippen LogP contribution in [0.25, 0.3) is 92.8 Å². The Hall–Kier alpha value is -6.17. The minimum atomic E-state index is 0.654. The Bertz CT molecular complexity index is 2760. The second-order valence-electron chi connectivity index (χ2n) is 12.0. The first-order chi connectivity index (χ1) is 23.8. The van der Waals surface area contributed by atoms with Gasteiger partial charge in [0.25, 0.3) is 0 Å². The quantitative estimate of drug-likeness (QED) is 0.194. The van der Waals surface area contributed by atoms with Gasteiger partial charge in [0.2, 0.25) is 0 Å². The van der Waals surface area contributed by atoms with Crippen molar-refractivity contribution in [3.63, 3.8) is 0 Å². The van der Waals surface area contributed by atoms with Crippen LogP contribution in [0, 0.1) is 0 Å². The van der Waals surface area contributed by atoms with Crippen molar-refractivity contribution >= 4 is 58.8 Å². The Morgan fingerprint density at radius 2 is 0.958 bits per heavy atom. The Labute approximate surface area is 280 Å². The monoisotopic (exact) mass is 630 g/mol. The number of nitrogens with zero attached hydrogens (tertiary/aromatic N) is 4. The van der Waals surface area contributed by atoms with Gasteiger partial charge < -0.3 is 0 Å². The number of fused-ring (bicyclic) bond motifs is 10. The highest BCUT2D eigenvalue weighted by molar-refractivity contribution is 7.25. The number of pyridine rings is 1. The number of thiophene rings is 1. The zero-order valence-electron chi connectivity index (χ0n) is 25.7. The molecule has 10 rings (SSSR count). The molecular weight excluding hydrogens is 605 g/mol. The summed E-state index contributed by atoms with van der Waals surface area (Å²) in [5.74, 6) is 1.97. The summed E-state index contributed by atoms with van der Waals surface area (Å²) in [5.41, 5.74) is 7.76. The van der Waals surface area contributed by atoms with Crippen LogP contribution in [-0.2, 0) is 0 Å². The molecule has 0 fully saturated rings. The number of hydrogen-bond acceptors (Lipinski definition) is 4. The van der Waals surface area contributed by atoms with E-state index in [1.807, 2.05) is 47.7 Å². The Kier molecular flexibility index (Phi) is 6.01. The van der Waals surface area contributed by atoms with Crippen molar-refractivity contribution in [3.8, 4) is 45.3 Å². The summed E-state index contributed by atoms with van der Waals surface area (Å²) >= 11 is 1.85. The molecule has 0 aliphatic heterocycles. The largest absolute Gasteiger partial charge is 0.299 e. The summed E-state index contributed by atoms with van der Waals surface area (Å²) in [4.78, 5) is 16.3. The summed E-state index contributed by atoms with van der Waals surface area (Å²) in [5, 5.41) is 6.14. The molecule has 0 unspecified atom stereocenters. The van der Waals surface area contributed by atoms with Crippen molar-refractivity contribution < 1.29 is 0 Å². The molecule has 0 atom stereocenters. The van der Waals surface area contributed by atoms with E-state index in [0.717, 1.165) is 16.7 Å². The van der Waals surface area contributed by atoms with Crippen molar-refractivity contribution in [3.05, 3.63) is 158 Å². The predicted molar refractivity (Wildman–Crippen MR) is 200 cm³/mol. The fourth-order valence-electron chi connectivity index (χ4n) is 7.09. The van der Waals surface area contributed by atoms with Crippen LogP contribution < -0.4 is 0 Å². The molecule has 224 valence electrons. The first-order valence-corrected chi connectivity index (χ1v) is 16.9. The van der Waals surface area contributed by atoms with Crippen LogP contribution in [0.1, 0.15) is 0 Å². The van der Waals surface area contributed by atoms with Gasteiger partial charge in [-0.1, -0.05) is 140 Å². The van der Waals surface area contributed by atoms with E-state index < -0.39 is 0 Å². The normalized spacial score (nSPS) is 11.8. The molecule has 0 spiro atoms. The van der Waals surface area contributed by atoms with E-state index in [0.29, 0.717) is 17.5 Å². The van der Waals surface area contributed by atoms with Crippen LogP contribution in [0.2, 0.25) is 0 Å². The summed E-state index contributed by atoms with van der Waals surface area (Å²) in [6, 6.07) is 55.4. The molecule has 0 N–H and O–H groups in total. The van der Waals surface area contributed by atoms with E-state index in [1.165, 1.54) is 58.6 Å². The summed E-state index contributed by atoms with van der Waals surface area (Å²) in [6.45, 7) is 0. The molecular formula is C43H26N4S. The third-order valence-electron chi connectivity index (χ3n) is 9.22. The van der Waals surface area contributed by atoms with Gasteiger partial charge in [-0.2, -0.15) is 0 Å². The molecule has 4 nitrogen and oxygen atoms in total. The van der Waals surface area contributed by atoms with Gasteiger partial charge in [0.15, 0.2) is 17.5 Å². The minimum Gasteiger partial charge on any atom is -0.299 e. The lowest BCUT2D eigenvalue weighted by Crippen LogP contribution is -2.00. The molecule has 0 saturated carbocycles. The van der Waals surface area contributed by atoms with E-state index in [4.69, 9.17) is 15.0 Å². The number of benzene rings is 6. The second kappa shape index (κ2) is 10.7. The van der Waals surface area contributed by atoms with Crippen LogP contribution in [0.5, 0.6) is 0 Å². The topological polar surface area (TPSA) is 43.1 Å². The average Bonchev–Trinajstić information content (AvgIpc) is 3.72. The van der Waals surface area contributed by atoms with Crippen LogP contribution in [0.4, 0.5) is 0 Å². The molecule has 0 aliphatic carbocycles. The van der Waals surface area contributed by atoms with Gasteiger partial charge >= 0.3 is 0 Å². The molecule has 0 aliphatic rings. The van der Waals surface area contributed by atoms with Crippen LogP contribution in [0.3, 0.4) is 0 Å². The number of rotatable bonds is 4. The van der Waals surface area contributed by atoms with Gasteiger partial charge in [0.1, 0.15) is 4.83 Å². The van der Waals surface area contributed by atoms with Crippen LogP contribution in [0.15, 0.2) is 158 Å². The lowest BCUT2D eigenvalue weighted by atomic mass is 9.97. The lowest BCUT2D eigenvalue weighted by Gasteiger charge is -2.12. The highest BCUT2D eigenvalue weighted by atomic mass is 32.1. The van der Waals surface area contributed by atoms with Crippen molar-refractivity contribution in [1.82, 2.24) is 19.4 Å². The van der Waals surface area contributed by atoms with E-state index in [1.54, 1.807) is 0 Å². The zero-order valence-corrected chi connectivity index (χ0v) is 26.5. The van der Waals surface area contributed by atoms with Crippen molar-refractivity contribution in [1.29, 1.82) is 0 Å². The van der Waals surface area contributed by atoms with Crippen LogP contribution >= 0.6 is 11.3 Å². The Morgan fingerprint density at radius 1 is 0.417 bits per heavy atom. The van der Waals surface area contributed by atoms with Gasteiger partial charge in [-0.15, -0.1) is 11.3 Å². The van der Waals surface area contributed by atoms with Gasteiger partial charge in [-0.3, -0.25) is 4.40 Å². The highest BCUT2D eigenvalue weighted by Crippen LogP contribution is 2.47. The lowest BCUT2D eigenvalue weighted by molar-refractivity contribution is 1.07. The molecule has 4 heterocycles. The molecule has 0 bridgehead atoms. The molecule has 10 aromatic rings. The van der Waals surface area contributed by atoms with E-state index >= 15 is 0 Å². The van der Waals surface area contributed by atoms with E-state index in [2.05, 4.69) is 126 Å². The third kappa shape index (κ3) is 4.11. The number of aromatic nitrogens is 4. The molecule has 5 heteroatoms. The van der Waals surface area contributed by atoms with Crippen molar-refractivity contribution in [2.75, 3.05) is 0 Å². The molecule has 4 aromatic heterocycles. The number of para-hydroxylation sites is 1. The van der Waals surface area contributed by atoms with Crippen molar-refractivity contribution in [2.24, 2.45) is 0 Å². The fourth-order valence-corrected chi connectivity index (χ4v) is 8.33. The minimum absolute atomic E-state index is 0.654. The summed E-state index contributed by atoms with van der Waals surface area (Å²) in [7, 11) is 0. The zero-order chi connectivity index (χ0) is 31.6. The predicted octanol–water partition coefficient (Wildman–Crippen LogP) is 11.5. The molecule has 48 heavy (non-hydrogen) atoms. The van der Waals surface area contributed by atoms with E-state index in [9.17, 15) is 0 Å². The van der Waals surface area contributed by atoms with Gasteiger partial charge in [0, 0.05) is 48.5 Å². The molecule has 0 saturated heterocycles. The second-order valence-corrected chi connectivity index (χ2v) is 13.0. The fraction of sp³-hybridized carbons (Fsp3) is 0. The maximum absolute atomic E-state index is 5.07. The molecule has 0 radical (unpaired) electrons. The highest BCUT2D eigenvalue weighted by Gasteiger charge is 2.22. The first kappa shape index (κ1) is 27.0. The summed E-state index contributed by atoms with van der Waals surface area (Å²) in [6.07, 6.45) is 0. The Morgan fingerprint density at radius 3 is 1.62 bits per heavy atom. The maximum atomic E-state index is 5.07. The smallest absolute Gasteiger partial charge is 0.164 e. The van der Waals surface area contributed by atoms with Crippen LogP contribution in [-0.4, -0.2) is 19.4 Å². The van der Waals surface area contributed by atoms with E-state index in [-0.39, 0.29) is 0 Å². The van der Waals surface area contributed by atoms with Crippen molar-refractivity contribution in [2.45, 2.75) is 0 Å². The molecule has 6 aromatic carbocycles. The average molecular weight is 631 g/mol. The molecule has 0 amide bonds. The first-order valence-electron chi connectivity index (χ1n) is 16.0. The third-order valence-corrected chi connectivity index (χ3v) is 10.4. The SMILES string of the molecule is c1ccc(-c2nc(-c3ccccc3)nc(-c3ccc4c(c3)c3c5ccccc5sc3n3c5ccccc5c(-c5ccccc5)c43)n2)cc1. The summed E-state index contributed by atoms with van der Waals surface area (Å²) < 4.78 is 3.76.